The van der Waals surface area contributed by atoms with E-state index in [0.29, 0.717) is 16.7 Å². The highest BCUT2D eigenvalue weighted by atomic mass is 32.2. The molecule has 1 fully saturated rings. The molecule has 0 aliphatic carbocycles. The molecular weight excluding hydrogens is 456 g/mol. The van der Waals surface area contributed by atoms with Crippen LogP contribution >= 0.6 is 0 Å². The van der Waals surface area contributed by atoms with Gasteiger partial charge in [0.2, 0.25) is 0 Å². The summed E-state index contributed by atoms with van der Waals surface area (Å²) in [5.41, 5.74) is 1.15. The number of hydrogen-bond acceptors (Lipinski definition) is 7. The maximum atomic E-state index is 14.7. The minimum atomic E-state index is -4.14. The summed E-state index contributed by atoms with van der Waals surface area (Å²) < 4.78 is 63.8. The van der Waals surface area contributed by atoms with Crippen molar-refractivity contribution in [1.82, 2.24) is 23.9 Å². The summed E-state index contributed by atoms with van der Waals surface area (Å²) in [7, 11) is -4.14. The van der Waals surface area contributed by atoms with Gasteiger partial charge in [0.05, 0.1) is 22.9 Å². The van der Waals surface area contributed by atoms with Crippen molar-refractivity contribution in [1.29, 1.82) is 5.26 Å². The maximum absolute atomic E-state index is 14.7. The predicted molar refractivity (Wildman–Crippen MR) is 113 cm³/mol. The number of rotatable bonds is 5. The molecule has 1 atom stereocenters. The Kier molecular flexibility index (Phi) is 5.03. The van der Waals surface area contributed by atoms with E-state index in [4.69, 9.17) is 4.74 Å². The van der Waals surface area contributed by atoms with Crippen LogP contribution in [-0.4, -0.2) is 51.6 Å². The molecule has 2 aromatic heterocycles. The third kappa shape index (κ3) is 3.79. The molecule has 1 aliphatic rings. The van der Waals surface area contributed by atoms with Crippen molar-refractivity contribution in [3.8, 4) is 17.6 Å². The molecule has 0 spiro atoms. The van der Waals surface area contributed by atoms with E-state index in [1.807, 2.05) is 0 Å². The summed E-state index contributed by atoms with van der Waals surface area (Å²) >= 11 is 0. The first-order chi connectivity index (χ1) is 15.9. The van der Waals surface area contributed by atoms with Gasteiger partial charge in [-0.2, -0.15) is 18.0 Å². The van der Waals surface area contributed by atoms with Crippen molar-refractivity contribution >= 4 is 32.6 Å². The average molecular weight is 471 g/mol. The third-order valence-electron chi connectivity index (χ3n) is 5.21. The quantitative estimate of drug-likeness (QED) is 0.474. The Morgan fingerprint density at radius 1 is 1.27 bits per heavy atom. The predicted octanol–water partition coefficient (Wildman–Crippen LogP) is 2.78. The summed E-state index contributed by atoms with van der Waals surface area (Å²) in [5.74, 6) is -1.13. The van der Waals surface area contributed by atoms with Crippen LogP contribution in [0.15, 0.2) is 42.9 Å². The Bertz CT molecular complexity index is 1530. The molecule has 4 aromatic rings. The number of nitriles is 1. The summed E-state index contributed by atoms with van der Waals surface area (Å²) in [4.78, 5) is 4.27. The molecule has 13 heteroatoms. The average Bonchev–Trinajstić information content (AvgIpc) is 3.45. The fourth-order valence-electron chi connectivity index (χ4n) is 3.59. The van der Waals surface area contributed by atoms with Gasteiger partial charge < -0.3 is 4.74 Å². The number of nitrogens with one attached hydrogen (secondary N) is 1. The van der Waals surface area contributed by atoms with Crippen molar-refractivity contribution < 1.29 is 21.9 Å². The molecule has 0 unspecified atom stereocenters. The topological polar surface area (TPSA) is 126 Å². The van der Waals surface area contributed by atoms with Crippen LogP contribution in [0.2, 0.25) is 0 Å². The highest BCUT2D eigenvalue weighted by Gasteiger charge is 2.32. The number of nitrogens with zero attached hydrogens (tertiary/aromatic N) is 6. The zero-order valence-electron chi connectivity index (χ0n) is 16.8. The summed E-state index contributed by atoms with van der Waals surface area (Å²) in [6.07, 6.45) is 1.86. The molecule has 1 saturated heterocycles. The van der Waals surface area contributed by atoms with E-state index >= 15 is 0 Å². The van der Waals surface area contributed by atoms with E-state index in [2.05, 4.69) is 19.9 Å². The van der Waals surface area contributed by atoms with Crippen LogP contribution in [0.4, 0.5) is 14.5 Å². The highest BCUT2D eigenvalue weighted by Crippen LogP contribution is 2.35. The number of hydrogen-bond donors (Lipinski definition) is 1. The second-order valence-electron chi connectivity index (χ2n) is 7.33. The number of fused-ring (bicyclic) bond motifs is 3. The van der Waals surface area contributed by atoms with E-state index in [9.17, 15) is 22.5 Å². The van der Waals surface area contributed by atoms with Crippen LogP contribution in [0.25, 0.3) is 16.7 Å². The van der Waals surface area contributed by atoms with Crippen molar-refractivity contribution in [2.24, 2.45) is 0 Å². The Morgan fingerprint density at radius 2 is 2.12 bits per heavy atom. The third-order valence-corrected chi connectivity index (χ3v) is 6.70. The van der Waals surface area contributed by atoms with Gasteiger partial charge in [0.1, 0.15) is 29.9 Å². The van der Waals surface area contributed by atoms with Gasteiger partial charge in [-0.1, -0.05) is 0 Å². The number of halogens is 2. The number of benzene rings is 2. The second kappa shape index (κ2) is 7.91. The zero-order chi connectivity index (χ0) is 23.2. The van der Waals surface area contributed by atoms with Crippen LogP contribution in [-0.2, 0) is 10.2 Å². The Labute approximate surface area is 186 Å². The normalized spacial score (nSPS) is 16.8. The van der Waals surface area contributed by atoms with E-state index in [-0.39, 0.29) is 36.5 Å². The summed E-state index contributed by atoms with van der Waals surface area (Å²) in [6.45, 7) is -0.282. The van der Waals surface area contributed by atoms with Gasteiger partial charge in [-0.25, -0.2) is 8.78 Å². The number of aromatic nitrogens is 4. The molecule has 2 aromatic carbocycles. The van der Waals surface area contributed by atoms with Crippen LogP contribution in [0, 0.1) is 17.1 Å². The SMILES string of the molecule is N#Cc1c(NS(=O)(=O)N2CC[C@@H](F)C2)ccc(F)c1Oc1ccc2ncc3nncn3c2c1. The van der Waals surface area contributed by atoms with Crippen molar-refractivity contribution in [2.75, 3.05) is 17.8 Å². The lowest BCUT2D eigenvalue weighted by Gasteiger charge is -2.18. The maximum Gasteiger partial charge on any atom is 0.301 e. The Hall–Kier alpha value is -3.89. The van der Waals surface area contributed by atoms with Crippen LogP contribution < -0.4 is 9.46 Å². The Balaban J connectivity index is 1.52. The van der Waals surface area contributed by atoms with Gasteiger partial charge in [-0.05, 0) is 30.7 Å². The molecule has 0 saturated carbocycles. The lowest BCUT2D eigenvalue weighted by Crippen LogP contribution is -2.34. The standard InChI is InChI=1S/C20H15F2N7O3S/c21-12-5-6-28(10-12)33(30,31)27-16-4-2-15(22)20(14(16)8-23)32-13-1-3-17-18(7-13)29-11-25-26-19(29)9-24-17/h1-4,7,9,11-12,27H,5-6,10H2/t12-/m1/s1. The molecule has 0 amide bonds. The number of alkyl halides is 1. The first-order valence-corrected chi connectivity index (χ1v) is 11.2. The zero-order valence-corrected chi connectivity index (χ0v) is 17.6. The minimum Gasteiger partial charge on any atom is -0.453 e. The number of ether oxygens (including phenoxy) is 1. The van der Waals surface area contributed by atoms with Crippen LogP contribution in [0.1, 0.15) is 12.0 Å². The first kappa shape index (κ1) is 21.0. The van der Waals surface area contributed by atoms with Crippen molar-refractivity contribution in [3.63, 3.8) is 0 Å². The first-order valence-electron chi connectivity index (χ1n) is 9.76. The second-order valence-corrected chi connectivity index (χ2v) is 9.00. The highest BCUT2D eigenvalue weighted by molar-refractivity contribution is 7.90. The lowest BCUT2D eigenvalue weighted by molar-refractivity contribution is 0.343. The molecule has 5 rings (SSSR count). The van der Waals surface area contributed by atoms with E-state index in [1.54, 1.807) is 28.8 Å². The molecule has 1 aliphatic heterocycles. The molecule has 1 N–H and O–H groups in total. The van der Waals surface area contributed by atoms with E-state index in [1.165, 1.54) is 12.4 Å². The van der Waals surface area contributed by atoms with Gasteiger partial charge in [0.25, 0.3) is 0 Å². The van der Waals surface area contributed by atoms with E-state index < -0.39 is 27.9 Å². The molecule has 168 valence electrons. The molecular formula is C20H15F2N7O3S. The summed E-state index contributed by atoms with van der Waals surface area (Å²) in [6, 6.07) is 8.64. The molecule has 10 nitrogen and oxygen atoms in total. The van der Waals surface area contributed by atoms with E-state index in [0.717, 1.165) is 16.4 Å². The van der Waals surface area contributed by atoms with Crippen molar-refractivity contribution in [3.05, 3.63) is 54.2 Å². The van der Waals surface area contributed by atoms with Crippen LogP contribution in [0.5, 0.6) is 11.5 Å². The lowest BCUT2D eigenvalue weighted by atomic mass is 10.1. The van der Waals surface area contributed by atoms with Gasteiger partial charge in [0.15, 0.2) is 17.2 Å². The molecule has 0 radical (unpaired) electrons. The van der Waals surface area contributed by atoms with Gasteiger partial charge in [0, 0.05) is 19.2 Å². The summed E-state index contributed by atoms with van der Waals surface area (Å²) in [5, 5.41) is 17.4. The molecule has 33 heavy (non-hydrogen) atoms. The fraction of sp³-hybridized carbons (Fsp3) is 0.200. The Morgan fingerprint density at radius 3 is 2.88 bits per heavy atom. The van der Waals surface area contributed by atoms with Gasteiger partial charge in [-0.15, -0.1) is 10.2 Å². The monoisotopic (exact) mass is 471 g/mol. The van der Waals surface area contributed by atoms with Crippen molar-refractivity contribution in [2.45, 2.75) is 12.6 Å². The largest absolute Gasteiger partial charge is 0.453 e. The fourth-order valence-corrected chi connectivity index (χ4v) is 4.87. The number of anilines is 1. The molecule has 3 heterocycles. The smallest absolute Gasteiger partial charge is 0.301 e. The van der Waals surface area contributed by atoms with Gasteiger partial charge >= 0.3 is 10.2 Å². The van der Waals surface area contributed by atoms with Gasteiger partial charge in [-0.3, -0.25) is 14.1 Å². The minimum absolute atomic E-state index is 0.00560. The molecule has 0 bridgehead atoms. The van der Waals surface area contributed by atoms with Crippen LogP contribution in [0.3, 0.4) is 0 Å².